The Morgan fingerprint density at radius 1 is 1.41 bits per heavy atom. The zero-order valence-electron chi connectivity index (χ0n) is 12.7. The van der Waals surface area contributed by atoms with Gasteiger partial charge in [0.2, 0.25) is 5.91 Å². The molecule has 0 fully saturated rings. The summed E-state index contributed by atoms with van der Waals surface area (Å²) < 4.78 is 29.5. The van der Waals surface area contributed by atoms with E-state index in [4.69, 9.17) is 10.00 Å². The number of hydrogen-bond acceptors (Lipinski definition) is 5. The number of nitrogens with one attached hydrogen (secondary N) is 1. The summed E-state index contributed by atoms with van der Waals surface area (Å²) in [6.45, 7) is 3.61. The lowest BCUT2D eigenvalue weighted by atomic mass is 10.3. The van der Waals surface area contributed by atoms with Crippen LogP contribution in [0.1, 0.15) is 26.7 Å². The van der Waals surface area contributed by atoms with E-state index in [1.54, 1.807) is 24.3 Å². The highest BCUT2D eigenvalue weighted by atomic mass is 32.2. The maximum atomic E-state index is 12.1. The second kappa shape index (κ2) is 8.39. The van der Waals surface area contributed by atoms with Crippen molar-refractivity contribution in [1.29, 1.82) is 5.26 Å². The van der Waals surface area contributed by atoms with Gasteiger partial charge in [-0.15, -0.1) is 0 Å². The molecule has 0 aliphatic carbocycles. The molecule has 120 valence electrons. The Kier molecular flexibility index (Phi) is 6.86. The van der Waals surface area contributed by atoms with Gasteiger partial charge in [-0.25, -0.2) is 8.42 Å². The molecule has 1 atom stereocenters. The molecule has 0 aliphatic heterocycles. The molecule has 1 unspecified atom stereocenters. The van der Waals surface area contributed by atoms with Gasteiger partial charge in [-0.05, 0) is 32.4 Å². The van der Waals surface area contributed by atoms with Gasteiger partial charge in [0.15, 0.2) is 9.84 Å². The lowest BCUT2D eigenvalue weighted by Gasteiger charge is -2.15. The predicted molar refractivity (Wildman–Crippen MR) is 84.3 cm³/mol. The molecule has 1 aromatic rings. The Balaban J connectivity index is 2.78. The summed E-state index contributed by atoms with van der Waals surface area (Å²) in [5.74, 6) is -0.293. The molecule has 22 heavy (non-hydrogen) atoms. The molecular weight excluding hydrogens is 304 g/mol. The summed E-state index contributed by atoms with van der Waals surface area (Å²) in [6, 6.07) is 8.73. The summed E-state index contributed by atoms with van der Waals surface area (Å²) in [6.07, 6.45) is 0.382. The SMILES string of the molecule is CCOc1ccccc1NC(=O)C(C)S(=O)(=O)CCCC#N. The Morgan fingerprint density at radius 2 is 2.09 bits per heavy atom. The summed E-state index contributed by atoms with van der Waals surface area (Å²) >= 11 is 0. The van der Waals surface area contributed by atoms with Crippen LogP contribution >= 0.6 is 0 Å². The quantitative estimate of drug-likeness (QED) is 0.739. The average molecular weight is 324 g/mol. The third-order valence-electron chi connectivity index (χ3n) is 3.07. The lowest BCUT2D eigenvalue weighted by Crippen LogP contribution is -2.34. The molecule has 6 nitrogen and oxygen atoms in total. The van der Waals surface area contributed by atoms with Gasteiger partial charge in [-0.3, -0.25) is 4.79 Å². The molecule has 0 radical (unpaired) electrons. The van der Waals surface area contributed by atoms with Crippen molar-refractivity contribution >= 4 is 21.4 Å². The summed E-state index contributed by atoms with van der Waals surface area (Å²) in [4.78, 5) is 12.1. The molecule has 7 heteroatoms. The summed E-state index contributed by atoms with van der Waals surface area (Å²) in [5, 5.41) is 9.85. The third-order valence-corrected chi connectivity index (χ3v) is 5.22. The van der Waals surface area contributed by atoms with Crippen LogP contribution in [0.4, 0.5) is 5.69 Å². The van der Waals surface area contributed by atoms with Crippen molar-refractivity contribution in [3.8, 4) is 11.8 Å². The maximum absolute atomic E-state index is 12.1. The van der Waals surface area contributed by atoms with Crippen molar-refractivity contribution in [1.82, 2.24) is 0 Å². The van der Waals surface area contributed by atoms with Gasteiger partial charge in [-0.2, -0.15) is 5.26 Å². The molecule has 1 aromatic carbocycles. The molecule has 1 amide bonds. The van der Waals surface area contributed by atoms with E-state index in [0.29, 0.717) is 18.0 Å². The number of carbonyl (C=O) groups is 1. The maximum Gasteiger partial charge on any atom is 0.242 e. The minimum atomic E-state index is -3.58. The van der Waals surface area contributed by atoms with Crippen LogP contribution in [0.5, 0.6) is 5.75 Å². The van der Waals surface area contributed by atoms with Crippen LogP contribution in [0, 0.1) is 11.3 Å². The van der Waals surface area contributed by atoms with Crippen LogP contribution in [-0.4, -0.2) is 31.9 Å². The number of hydrogen-bond donors (Lipinski definition) is 1. The highest BCUT2D eigenvalue weighted by molar-refractivity contribution is 7.92. The first-order valence-corrected chi connectivity index (χ1v) is 8.75. The molecule has 0 spiro atoms. The normalized spacial score (nSPS) is 12.2. The number of para-hydroxylation sites is 2. The average Bonchev–Trinajstić information content (AvgIpc) is 2.48. The molecule has 0 saturated heterocycles. The van der Waals surface area contributed by atoms with Crippen LogP contribution in [0.2, 0.25) is 0 Å². The summed E-state index contributed by atoms with van der Waals surface area (Å²) in [5.41, 5.74) is 0.438. The number of benzene rings is 1. The minimum absolute atomic E-state index is 0.154. The lowest BCUT2D eigenvalue weighted by molar-refractivity contribution is -0.115. The van der Waals surface area contributed by atoms with Gasteiger partial charge in [0, 0.05) is 6.42 Å². The van der Waals surface area contributed by atoms with Gasteiger partial charge in [0.1, 0.15) is 11.0 Å². The number of carbonyl (C=O) groups excluding carboxylic acids is 1. The van der Waals surface area contributed by atoms with Crippen molar-refractivity contribution in [2.24, 2.45) is 0 Å². The molecule has 0 saturated carbocycles. The second-order valence-electron chi connectivity index (χ2n) is 4.69. The smallest absolute Gasteiger partial charge is 0.242 e. The molecule has 0 aromatic heterocycles. The van der Waals surface area contributed by atoms with E-state index in [1.807, 2.05) is 13.0 Å². The van der Waals surface area contributed by atoms with Crippen LogP contribution in [0.25, 0.3) is 0 Å². The second-order valence-corrected chi connectivity index (χ2v) is 7.13. The number of rotatable bonds is 8. The van der Waals surface area contributed by atoms with Crippen molar-refractivity contribution in [3.05, 3.63) is 24.3 Å². The number of nitriles is 1. The fraction of sp³-hybridized carbons (Fsp3) is 0.467. The standard InChI is InChI=1S/C15H20N2O4S/c1-3-21-14-9-5-4-8-13(14)17-15(18)12(2)22(19,20)11-7-6-10-16/h4-5,8-9,12H,3,6-7,11H2,1-2H3,(H,17,18). The van der Waals surface area contributed by atoms with Crippen molar-refractivity contribution < 1.29 is 17.9 Å². The van der Waals surface area contributed by atoms with Gasteiger partial charge in [0.25, 0.3) is 0 Å². The van der Waals surface area contributed by atoms with E-state index in [9.17, 15) is 13.2 Å². The van der Waals surface area contributed by atoms with E-state index in [1.165, 1.54) is 6.92 Å². The number of nitrogens with zero attached hydrogens (tertiary/aromatic N) is 1. The highest BCUT2D eigenvalue weighted by Gasteiger charge is 2.28. The topological polar surface area (TPSA) is 96.3 Å². The number of amides is 1. The van der Waals surface area contributed by atoms with Gasteiger partial charge >= 0.3 is 0 Å². The molecule has 0 heterocycles. The van der Waals surface area contributed by atoms with Crippen LogP contribution in [0.15, 0.2) is 24.3 Å². The minimum Gasteiger partial charge on any atom is -0.492 e. The summed E-state index contributed by atoms with van der Waals surface area (Å²) in [7, 11) is -3.58. The molecule has 1 rings (SSSR count). The zero-order valence-corrected chi connectivity index (χ0v) is 13.5. The highest BCUT2D eigenvalue weighted by Crippen LogP contribution is 2.24. The van der Waals surface area contributed by atoms with E-state index in [0.717, 1.165) is 0 Å². The zero-order chi connectivity index (χ0) is 16.6. The van der Waals surface area contributed by atoms with Crippen molar-refractivity contribution in [2.75, 3.05) is 17.7 Å². The third kappa shape index (κ3) is 5.04. The van der Waals surface area contributed by atoms with E-state index >= 15 is 0 Å². The molecular formula is C15H20N2O4S. The van der Waals surface area contributed by atoms with Crippen LogP contribution in [0.3, 0.4) is 0 Å². The van der Waals surface area contributed by atoms with Gasteiger partial charge < -0.3 is 10.1 Å². The Morgan fingerprint density at radius 3 is 2.73 bits per heavy atom. The number of anilines is 1. The predicted octanol–water partition coefficient (Wildman–Crippen LogP) is 2.13. The van der Waals surface area contributed by atoms with E-state index in [2.05, 4.69) is 5.32 Å². The first kappa shape index (κ1) is 18.0. The van der Waals surface area contributed by atoms with E-state index in [-0.39, 0.29) is 18.6 Å². The first-order chi connectivity index (χ1) is 10.4. The molecule has 1 N–H and O–H groups in total. The molecule has 0 aliphatic rings. The fourth-order valence-corrected chi connectivity index (χ4v) is 3.06. The van der Waals surface area contributed by atoms with Gasteiger partial charge in [-0.1, -0.05) is 12.1 Å². The number of ether oxygens (including phenoxy) is 1. The van der Waals surface area contributed by atoms with E-state index < -0.39 is 21.0 Å². The first-order valence-electron chi connectivity index (χ1n) is 7.03. The Hall–Kier alpha value is -2.07. The molecule has 0 bridgehead atoms. The van der Waals surface area contributed by atoms with Crippen LogP contribution < -0.4 is 10.1 Å². The van der Waals surface area contributed by atoms with Crippen molar-refractivity contribution in [2.45, 2.75) is 31.9 Å². The Bertz CT molecular complexity index is 650. The Labute approximate surface area is 131 Å². The fourth-order valence-electron chi connectivity index (χ4n) is 1.78. The number of unbranched alkanes of at least 4 members (excludes halogenated alkanes) is 1. The number of sulfone groups is 1. The monoisotopic (exact) mass is 324 g/mol. The largest absolute Gasteiger partial charge is 0.492 e. The van der Waals surface area contributed by atoms with Gasteiger partial charge in [0.05, 0.1) is 24.1 Å². The van der Waals surface area contributed by atoms with Crippen molar-refractivity contribution in [3.63, 3.8) is 0 Å². The van der Waals surface area contributed by atoms with Crippen LogP contribution in [-0.2, 0) is 14.6 Å².